The Kier molecular flexibility index (Phi) is 4.05. The summed E-state index contributed by atoms with van der Waals surface area (Å²) >= 11 is 12.5. The quantitative estimate of drug-likeness (QED) is 0.785. The normalized spacial score (nSPS) is 13.6. The zero-order valence-corrected chi connectivity index (χ0v) is 13.7. The van der Waals surface area contributed by atoms with Gasteiger partial charge in [-0.15, -0.1) is 0 Å². The monoisotopic (exact) mass is 321 g/mol. The Labute approximate surface area is 134 Å². The molecule has 0 saturated carbocycles. The van der Waals surface area contributed by atoms with Gasteiger partial charge in [0.15, 0.2) is 5.82 Å². The van der Waals surface area contributed by atoms with Crippen molar-refractivity contribution in [3.8, 4) is 11.4 Å². The number of rotatable bonds is 3. The Hall–Kier alpha value is -1.32. The van der Waals surface area contributed by atoms with Gasteiger partial charge in [-0.05, 0) is 36.6 Å². The third-order valence-corrected chi connectivity index (χ3v) is 4.50. The smallest absolute Gasteiger partial charge is 0.162 e. The third-order valence-electron chi connectivity index (χ3n) is 3.87. The van der Waals surface area contributed by atoms with E-state index < -0.39 is 0 Å². The molecule has 0 radical (unpaired) electrons. The number of halogens is 2. The van der Waals surface area contributed by atoms with Crippen LogP contribution in [0.2, 0.25) is 10.3 Å². The fraction of sp³-hybridized carbons (Fsp3) is 0.375. The molecule has 0 atom stereocenters. The lowest BCUT2D eigenvalue weighted by Gasteiger charge is -2.12. The van der Waals surface area contributed by atoms with Gasteiger partial charge in [0.2, 0.25) is 0 Å². The molecule has 2 aromatic rings. The molecular formula is C16H17Cl2N3. The van der Waals surface area contributed by atoms with Gasteiger partial charge in [-0.25, -0.2) is 9.97 Å². The molecule has 2 heterocycles. The lowest BCUT2D eigenvalue weighted by molar-refractivity contribution is 0.903. The first-order valence-electron chi connectivity index (χ1n) is 7.16. The minimum Gasteiger partial charge on any atom is -0.374 e. The minimum atomic E-state index is 0.462. The van der Waals surface area contributed by atoms with E-state index in [2.05, 4.69) is 41.0 Å². The van der Waals surface area contributed by atoms with E-state index in [-0.39, 0.29) is 0 Å². The summed E-state index contributed by atoms with van der Waals surface area (Å²) in [5.41, 5.74) is 4.41. The fourth-order valence-corrected chi connectivity index (χ4v) is 3.30. The number of hydrogen-bond donors (Lipinski definition) is 0. The standard InChI is InChI=1S/C16H17Cl2N3/c1-3-4-12-14(17)19-16(20-15(12)18)11-5-6-13-10(9-11)7-8-21(13)2/h5-6,9H,3-4,7-8H2,1-2H3. The first-order valence-corrected chi connectivity index (χ1v) is 7.92. The molecule has 0 spiro atoms. The Morgan fingerprint density at radius 3 is 2.57 bits per heavy atom. The average molecular weight is 322 g/mol. The van der Waals surface area contributed by atoms with Crippen LogP contribution in [-0.4, -0.2) is 23.6 Å². The molecule has 1 aromatic heterocycles. The molecule has 21 heavy (non-hydrogen) atoms. The molecular weight excluding hydrogens is 305 g/mol. The molecule has 0 saturated heterocycles. The van der Waals surface area contributed by atoms with Crippen LogP contribution in [0.15, 0.2) is 18.2 Å². The van der Waals surface area contributed by atoms with Gasteiger partial charge >= 0.3 is 0 Å². The van der Waals surface area contributed by atoms with Crippen molar-refractivity contribution in [2.45, 2.75) is 26.2 Å². The lowest BCUT2D eigenvalue weighted by Crippen LogP contribution is -2.12. The number of benzene rings is 1. The predicted molar refractivity (Wildman–Crippen MR) is 88.5 cm³/mol. The van der Waals surface area contributed by atoms with Gasteiger partial charge in [0, 0.05) is 30.4 Å². The second kappa shape index (κ2) is 5.82. The molecule has 0 amide bonds. The van der Waals surface area contributed by atoms with Crippen LogP contribution in [0, 0.1) is 0 Å². The summed E-state index contributed by atoms with van der Waals surface area (Å²) in [7, 11) is 2.11. The molecule has 110 valence electrons. The summed E-state index contributed by atoms with van der Waals surface area (Å²) in [5.74, 6) is 0.599. The van der Waals surface area contributed by atoms with Gasteiger partial charge in [0.1, 0.15) is 10.3 Å². The van der Waals surface area contributed by atoms with E-state index in [0.29, 0.717) is 16.1 Å². The molecule has 5 heteroatoms. The maximum absolute atomic E-state index is 6.26. The fourth-order valence-electron chi connectivity index (χ4n) is 2.72. The van der Waals surface area contributed by atoms with Crippen LogP contribution in [0.25, 0.3) is 11.4 Å². The highest BCUT2D eigenvalue weighted by atomic mass is 35.5. The maximum atomic E-state index is 6.26. The molecule has 0 bridgehead atoms. The van der Waals surface area contributed by atoms with Crippen LogP contribution in [0.1, 0.15) is 24.5 Å². The van der Waals surface area contributed by atoms with E-state index in [0.717, 1.165) is 36.9 Å². The van der Waals surface area contributed by atoms with Gasteiger partial charge < -0.3 is 4.90 Å². The van der Waals surface area contributed by atoms with Crippen LogP contribution in [0.4, 0.5) is 5.69 Å². The van der Waals surface area contributed by atoms with Crippen molar-refractivity contribution in [3.63, 3.8) is 0 Å². The highest BCUT2D eigenvalue weighted by Gasteiger charge is 2.18. The summed E-state index contributed by atoms with van der Waals surface area (Å²) in [6.45, 7) is 3.13. The summed E-state index contributed by atoms with van der Waals surface area (Å²) < 4.78 is 0. The topological polar surface area (TPSA) is 29.0 Å². The van der Waals surface area contributed by atoms with E-state index in [4.69, 9.17) is 23.2 Å². The predicted octanol–water partition coefficient (Wildman–Crippen LogP) is 4.40. The number of anilines is 1. The van der Waals surface area contributed by atoms with Crippen LogP contribution < -0.4 is 4.90 Å². The molecule has 3 rings (SSSR count). The van der Waals surface area contributed by atoms with Crippen molar-refractivity contribution in [1.82, 2.24) is 9.97 Å². The Morgan fingerprint density at radius 2 is 1.90 bits per heavy atom. The van der Waals surface area contributed by atoms with Crippen molar-refractivity contribution >= 4 is 28.9 Å². The van der Waals surface area contributed by atoms with E-state index in [1.54, 1.807) is 0 Å². The average Bonchev–Trinajstić information content (AvgIpc) is 2.84. The molecule has 0 aliphatic carbocycles. The van der Waals surface area contributed by atoms with E-state index >= 15 is 0 Å². The molecule has 0 unspecified atom stereocenters. The second-order valence-corrected chi connectivity index (χ2v) is 6.09. The van der Waals surface area contributed by atoms with Gasteiger partial charge in [0.25, 0.3) is 0 Å². The van der Waals surface area contributed by atoms with Crippen LogP contribution >= 0.6 is 23.2 Å². The Balaban J connectivity index is 2.01. The summed E-state index contributed by atoms with van der Waals surface area (Å²) in [4.78, 5) is 11.1. The van der Waals surface area contributed by atoms with E-state index in [1.165, 1.54) is 11.3 Å². The van der Waals surface area contributed by atoms with E-state index in [1.807, 2.05) is 6.07 Å². The number of aromatic nitrogens is 2. The molecule has 3 nitrogen and oxygen atoms in total. The highest BCUT2D eigenvalue weighted by molar-refractivity contribution is 6.34. The zero-order valence-electron chi connectivity index (χ0n) is 12.2. The number of nitrogens with zero attached hydrogens (tertiary/aromatic N) is 3. The highest BCUT2D eigenvalue weighted by Crippen LogP contribution is 2.32. The minimum absolute atomic E-state index is 0.462. The third kappa shape index (κ3) is 2.72. The second-order valence-electron chi connectivity index (χ2n) is 5.37. The summed E-state index contributed by atoms with van der Waals surface area (Å²) in [5, 5.41) is 0.925. The van der Waals surface area contributed by atoms with Crippen molar-refractivity contribution in [3.05, 3.63) is 39.6 Å². The van der Waals surface area contributed by atoms with Gasteiger partial charge in [-0.1, -0.05) is 36.5 Å². The first-order chi connectivity index (χ1) is 10.1. The van der Waals surface area contributed by atoms with Crippen molar-refractivity contribution in [1.29, 1.82) is 0 Å². The van der Waals surface area contributed by atoms with Crippen molar-refractivity contribution < 1.29 is 0 Å². The molecule has 0 N–H and O–H groups in total. The summed E-state index contributed by atoms with van der Waals surface area (Å²) in [6, 6.07) is 6.28. The SMILES string of the molecule is CCCc1c(Cl)nc(-c2ccc3c(c2)CCN3C)nc1Cl. The molecule has 1 aromatic carbocycles. The largest absolute Gasteiger partial charge is 0.374 e. The lowest BCUT2D eigenvalue weighted by atomic mass is 10.1. The van der Waals surface area contributed by atoms with E-state index in [9.17, 15) is 0 Å². The van der Waals surface area contributed by atoms with Crippen molar-refractivity contribution in [2.24, 2.45) is 0 Å². The van der Waals surface area contributed by atoms with Crippen LogP contribution in [0.3, 0.4) is 0 Å². The van der Waals surface area contributed by atoms with Gasteiger partial charge in [0.05, 0.1) is 0 Å². The Morgan fingerprint density at radius 1 is 1.19 bits per heavy atom. The first kappa shape index (κ1) is 14.6. The summed E-state index contributed by atoms with van der Waals surface area (Å²) in [6.07, 6.45) is 2.81. The molecule has 1 aliphatic rings. The maximum Gasteiger partial charge on any atom is 0.162 e. The number of hydrogen-bond acceptors (Lipinski definition) is 3. The molecule has 1 aliphatic heterocycles. The number of likely N-dealkylation sites (N-methyl/N-ethyl adjacent to an activating group) is 1. The van der Waals surface area contributed by atoms with Crippen LogP contribution in [0.5, 0.6) is 0 Å². The van der Waals surface area contributed by atoms with Gasteiger partial charge in [-0.3, -0.25) is 0 Å². The molecule has 0 fully saturated rings. The number of fused-ring (bicyclic) bond motifs is 1. The van der Waals surface area contributed by atoms with Crippen LogP contribution in [-0.2, 0) is 12.8 Å². The zero-order chi connectivity index (χ0) is 15.0. The van der Waals surface area contributed by atoms with Crippen molar-refractivity contribution in [2.75, 3.05) is 18.5 Å². The van der Waals surface area contributed by atoms with Gasteiger partial charge in [-0.2, -0.15) is 0 Å². The Bertz CT molecular complexity index is 662.